The van der Waals surface area contributed by atoms with Crippen molar-refractivity contribution in [2.45, 2.75) is 57.5 Å². The second-order valence-corrected chi connectivity index (χ2v) is 4.94. The lowest BCUT2D eigenvalue weighted by atomic mass is 10.0. The predicted octanol–water partition coefficient (Wildman–Crippen LogP) is 2.00. The van der Waals surface area contributed by atoms with Crippen molar-refractivity contribution in [3.05, 3.63) is 0 Å². The third kappa shape index (κ3) is 2.48. The summed E-state index contributed by atoms with van der Waals surface area (Å²) in [6.07, 6.45) is 8.76. The lowest BCUT2D eigenvalue weighted by Crippen LogP contribution is -2.53. The van der Waals surface area contributed by atoms with Crippen LogP contribution in [0.1, 0.15) is 45.4 Å². The van der Waals surface area contributed by atoms with Crippen LogP contribution in [0.2, 0.25) is 0 Å². The van der Waals surface area contributed by atoms with E-state index in [2.05, 4.69) is 17.1 Å². The number of piperazine rings is 1. The molecule has 1 heterocycles. The highest BCUT2D eigenvalue weighted by atomic mass is 15.2. The summed E-state index contributed by atoms with van der Waals surface area (Å²) in [4.78, 5) is 2.75. The second-order valence-electron chi connectivity index (χ2n) is 4.94. The molecule has 14 heavy (non-hydrogen) atoms. The van der Waals surface area contributed by atoms with Crippen molar-refractivity contribution in [1.82, 2.24) is 10.2 Å². The Labute approximate surface area is 88.1 Å². The highest BCUT2D eigenvalue weighted by molar-refractivity contribution is 4.83. The molecule has 0 aromatic carbocycles. The van der Waals surface area contributed by atoms with E-state index in [4.69, 9.17) is 0 Å². The van der Waals surface area contributed by atoms with Crippen molar-refractivity contribution >= 4 is 0 Å². The normalized spacial score (nSPS) is 32.8. The van der Waals surface area contributed by atoms with Gasteiger partial charge in [0.2, 0.25) is 0 Å². The molecule has 2 aliphatic rings. The number of hydrogen-bond acceptors (Lipinski definition) is 2. The summed E-state index contributed by atoms with van der Waals surface area (Å²) in [7, 11) is 0. The van der Waals surface area contributed by atoms with Crippen LogP contribution >= 0.6 is 0 Å². The third-order valence-corrected chi connectivity index (χ3v) is 3.85. The summed E-state index contributed by atoms with van der Waals surface area (Å²) < 4.78 is 0. The second kappa shape index (κ2) is 5.13. The molecule has 0 aromatic heterocycles. The first-order valence-corrected chi connectivity index (χ1v) is 6.34. The topological polar surface area (TPSA) is 15.3 Å². The monoisotopic (exact) mass is 196 g/mol. The molecule has 82 valence electrons. The Bertz CT molecular complexity index is 162. The highest BCUT2D eigenvalue weighted by Gasteiger charge is 2.25. The van der Waals surface area contributed by atoms with E-state index in [1.54, 1.807) is 0 Å². The summed E-state index contributed by atoms with van der Waals surface area (Å²) in [6, 6.07) is 1.65. The number of hydrogen-bond donors (Lipinski definition) is 1. The van der Waals surface area contributed by atoms with Crippen molar-refractivity contribution in [2.75, 3.05) is 19.6 Å². The molecular formula is C12H24N2. The minimum absolute atomic E-state index is 0.756. The van der Waals surface area contributed by atoms with E-state index in [1.807, 2.05) is 0 Å². The summed E-state index contributed by atoms with van der Waals surface area (Å²) in [5.41, 5.74) is 0. The third-order valence-electron chi connectivity index (χ3n) is 3.85. The number of nitrogens with one attached hydrogen (secondary N) is 1. The molecule has 0 radical (unpaired) electrons. The van der Waals surface area contributed by atoms with Crippen LogP contribution in [0.4, 0.5) is 0 Å². The van der Waals surface area contributed by atoms with Gasteiger partial charge in [0.25, 0.3) is 0 Å². The average Bonchev–Trinajstić information content (AvgIpc) is 2.47. The number of nitrogens with zero attached hydrogens (tertiary/aromatic N) is 1. The Morgan fingerprint density at radius 1 is 1.07 bits per heavy atom. The Hall–Kier alpha value is -0.0800. The maximum atomic E-state index is 3.48. The van der Waals surface area contributed by atoms with Gasteiger partial charge in [-0.3, -0.25) is 4.90 Å². The molecule has 2 rings (SSSR count). The Balaban J connectivity index is 1.90. The van der Waals surface area contributed by atoms with Gasteiger partial charge in [0.15, 0.2) is 0 Å². The van der Waals surface area contributed by atoms with E-state index in [-0.39, 0.29) is 0 Å². The van der Waals surface area contributed by atoms with E-state index < -0.39 is 0 Å². The average molecular weight is 196 g/mol. The zero-order chi connectivity index (χ0) is 9.80. The molecule has 1 atom stereocenters. The van der Waals surface area contributed by atoms with Gasteiger partial charge in [0.1, 0.15) is 0 Å². The lowest BCUT2D eigenvalue weighted by Gasteiger charge is -2.39. The van der Waals surface area contributed by atoms with Gasteiger partial charge in [-0.2, -0.15) is 0 Å². The molecular weight excluding hydrogens is 172 g/mol. The molecule has 2 fully saturated rings. The van der Waals surface area contributed by atoms with Crippen LogP contribution in [0, 0.1) is 0 Å². The standard InChI is InChI=1S/C12H24N2/c1-11-10-13-8-9-14(11)12-6-4-2-3-5-7-12/h11-13H,2-10H2,1H3/t11-/m0/s1. The highest BCUT2D eigenvalue weighted by Crippen LogP contribution is 2.23. The fraction of sp³-hybridized carbons (Fsp3) is 1.00. The molecule has 1 saturated heterocycles. The molecule has 2 heteroatoms. The van der Waals surface area contributed by atoms with Crippen molar-refractivity contribution in [3.63, 3.8) is 0 Å². The van der Waals surface area contributed by atoms with Crippen LogP contribution in [0.15, 0.2) is 0 Å². The molecule has 0 amide bonds. The maximum absolute atomic E-state index is 3.48. The van der Waals surface area contributed by atoms with Gasteiger partial charge in [0.05, 0.1) is 0 Å². The molecule has 0 bridgehead atoms. The van der Waals surface area contributed by atoms with Crippen molar-refractivity contribution < 1.29 is 0 Å². The van der Waals surface area contributed by atoms with Crippen molar-refractivity contribution in [1.29, 1.82) is 0 Å². The Morgan fingerprint density at radius 3 is 2.43 bits per heavy atom. The maximum Gasteiger partial charge on any atom is 0.0195 e. The largest absolute Gasteiger partial charge is 0.314 e. The zero-order valence-electron chi connectivity index (χ0n) is 9.47. The van der Waals surface area contributed by atoms with E-state index >= 15 is 0 Å². The van der Waals surface area contributed by atoms with Gasteiger partial charge in [0, 0.05) is 31.7 Å². The van der Waals surface area contributed by atoms with Crippen LogP contribution in [-0.2, 0) is 0 Å². The first kappa shape index (κ1) is 10.4. The van der Waals surface area contributed by atoms with Crippen molar-refractivity contribution in [3.8, 4) is 0 Å². The van der Waals surface area contributed by atoms with E-state index in [0.717, 1.165) is 12.1 Å². The summed E-state index contributed by atoms with van der Waals surface area (Å²) in [5, 5.41) is 3.48. The van der Waals surface area contributed by atoms with Gasteiger partial charge in [-0.25, -0.2) is 0 Å². The van der Waals surface area contributed by atoms with E-state index in [0.29, 0.717) is 0 Å². The SMILES string of the molecule is C[C@H]1CNCCN1C1CCCCCC1. The van der Waals surface area contributed by atoms with Gasteiger partial charge >= 0.3 is 0 Å². The van der Waals surface area contributed by atoms with Crippen LogP contribution in [-0.4, -0.2) is 36.6 Å². The molecule has 1 aliphatic carbocycles. The minimum atomic E-state index is 0.756. The van der Waals surface area contributed by atoms with E-state index in [9.17, 15) is 0 Å². The molecule has 0 aromatic rings. The summed E-state index contributed by atoms with van der Waals surface area (Å²) >= 11 is 0. The molecule has 0 spiro atoms. The Morgan fingerprint density at radius 2 is 1.79 bits per heavy atom. The smallest absolute Gasteiger partial charge is 0.0195 e. The van der Waals surface area contributed by atoms with Crippen LogP contribution < -0.4 is 5.32 Å². The lowest BCUT2D eigenvalue weighted by molar-refractivity contribution is 0.106. The predicted molar refractivity (Wildman–Crippen MR) is 60.5 cm³/mol. The van der Waals surface area contributed by atoms with Crippen LogP contribution in [0.25, 0.3) is 0 Å². The minimum Gasteiger partial charge on any atom is -0.314 e. The van der Waals surface area contributed by atoms with Crippen LogP contribution in [0.5, 0.6) is 0 Å². The van der Waals surface area contributed by atoms with Gasteiger partial charge in [-0.1, -0.05) is 25.7 Å². The first-order chi connectivity index (χ1) is 6.88. The molecule has 1 saturated carbocycles. The summed E-state index contributed by atoms with van der Waals surface area (Å²) in [6.45, 7) is 6.03. The Kier molecular flexibility index (Phi) is 3.82. The van der Waals surface area contributed by atoms with Gasteiger partial charge in [-0.15, -0.1) is 0 Å². The fourth-order valence-corrected chi connectivity index (χ4v) is 2.99. The summed E-state index contributed by atoms with van der Waals surface area (Å²) in [5.74, 6) is 0. The zero-order valence-corrected chi connectivity index (χ0v) is 9.47. The van der Waals surface area contributed by atoms with E-state index in [1.165, 1.54) is 58.2 Å². The van der Waals surface area contributed by atoms with Gasteiger partial charge in [-0.05, 0) is 19.8 Å². The molecule has 0 unspecified atom stereocenters. The quantitative estimate of drug-likeness (QED) is 0.645. The molecule has 1 N–H and O–H groups in total. The molecule has 1 aliphatic heterocycles. The fourth-order valence-electron chi connectivity index (χ4n) is 2.99. The van der Waals surface area contributed by atoms with Crippen molar-refractivity contribution in [2.24, 2.45) is 0 Å². The van der Waals surface area contributed by atoms with Crippen LogP contribution in [0.3, 0.4) is 0 Å². The first-order valence-electron chi connectivity index (χ1n) is 6.34. The molecule has 2 nitrogen and oxygen atoms in total. The van der Waals surface area contributed by atoms with Gasteiger partial charge < -0.3 is 5.32 Å². The number of rotatable bonds is 1.